The Morgan fingerprint density at radius 2 is 1.87 bits per heavy atom. The zero-order chi connectivity index (χ0) is 10.9. The summed E-state index contributed by atoms with van der Waals surface area (Å²) < 4.78 is 24.0. The Labute approximate surface area is 94.6 Å². The number of nitrogens with zero attached hydrogens (tertiary/aromatic N) is 2. The fourth-order valence-electron chi connectivity index (χ4n) is 1.06. The summed E-state index contributed by atoms with van der Waals surface area (Å²) in [6.45, 7) is 0. The Morgan fingerprint density at radius 1 is 1.20 bits per heavy atom. The Morgan fingerprint density at radius 3 is 2.40 bits per heavy atom. The van der Waals surface area contributed by atoms with Crippen LogP contribution in [-0.4, -0.2) is 23.6 Å². The van der Waals surface area contributed by atoms with E-state index in [-0.39, 0.29) is 14.8 Å². The fraction of sp³-hybridized carbons (Fsp3) is 0. The van der Waals surface area contributed by atoms with Crippen molar-refractivity contribution >= 4 is 25.8 Å². The first-order valence-corrected chi connectivity index (χ1v) is 6.26. The molecule has 0 spiro atoms. The van der Waals surface area contributed by atoms with Gasteiger partial charge >= 0.3 is 0 Å². The molecule has 1 N–H and O–H groups in total. The van der Waals surface area contributed by atoms with Crippen molar-refractivity contribution in [2.45, 2.75) is 10.1 Å². The van der Waals surface area contributed by atoms with Gasteiger partial charge < -0.3 is 0 Å². The van der Waals surface area contributed by atoms with Crippen LogP contribution in [0, 0.1) is 0 Å². The van der Waals surface area contributed by atoms with Crippen molar-refractivity contribution < 1.29 is 8.42 Å². The first-order valence-electron chi connectivity index (χ1n) is 3.99. The van der Waals surface area contributed by atoms with Crippen molar-refractivity contribution in [1.29, 1.82) is 0 Å². The van der Waals surface area contributed by atoms with Crippen LogP contribution in [-0.2, 0) is 9.84 Å². The highest BCUT2D eigenvalue weighted by Gasteiger charge is 2.21. The number of hydrogen-bond acceptors (Lipinski definition) is 4. The first-order chi connectivity index (χ1) is 7.10. The summed E-state index contributed by atoms with van der Waals surface area (Å²) in [5, 5.41) is 5.79. The molecule has 7 heteroatoms. The van der Waals surface area contributed by atoms with E-state index in [2.05, 4.69) is 31.1 Å². The van der Waals surface area contributed by atoms with E-state index >= 15 is 0 Å². The van der Waals surface area contributed by atoms with E-state index < -0.39 is 9.84 Å². The molecule has 78 valence electrons. The van der Waals surface area contributed by atoms with Crippen LogP contribution in [0.1, 0.15) is 0 Å². The Bertz CT molecular complexity index is 565. The quantitative estimate of drug-likeness (QED) is 0.906. The van der Waals surface area contributed by atoms with Crippen molar-refractivity contribution in [2.24, 2.45) is 0 Å². The second-order valence-electron chi connectivity index (χ2n) is 2.73. The van der Waals surface area contributed by atoms with Gasteiger partial charge in [0.2, 0.25) is 19.7 Å². The van der Waals surface area contributed by atoms with Gasteiger partial charge in [-0.2, -0.15) is 4.98 Å². The molecule has 0 aliphatic rings. The van der Waals surface area contributed by atoms with Crippen molar-refractivity contribution in [3.63, 3.8) is 0 Å². The third kappa shape index (κ3) is 1.93. The van der Waals surface area contributed by atoms with Crippen LogP contribution in [0.2, 0.25) is 0 Å². The molecular formula is C8H6BrN3O2S. The first kappa shape index (κ1) is 10.3. The molecule has 0 aliphatic heterocycles. The van der Waals surface area contributed by atoms with E-state index in [0.29, 0.717) is 0 Å². The summed E-state index contributed by atoms with van der Waals surface area (Å²) in [6, 6.07) is 8.06. The Kier molecular flexibility index (Phi) is 2.57. The maximum Gasteiger partial charge on any atom is 0.248 e. The number of aromatic nitrogens is 3. The van der Waals surface area contributed by atoms with Gasteiger partial charge in [-0.15, -0.1) is 5.10 Å². The van der Waals surface area contributed by atoms with E-state index in [4.69, 9.17) is 0 Å². The van der Waals surface area contributed by atoms with Crippen LogP contribution in [0.4, 0.5) is 0 Å². The molecule has 0 saturated heterocycles. The zero-order valence-electron chi connectivity index (χ0n) is 7.38. The van der Waals surface area contributed by atoms with Crippen LogP contribution < -0.4 is 0 Å². The average Bonchev–Trinajstić information content (AvgIpc) is 2.67. The molecule has 0 radical (unpaired) electrons. The molecule has 0 fully saturated rings. The summed E-state index contributed by atoms with van der Waals surface area (Å²) in [5.41, 5.74) is 0. The van der Waals surface area contributed by atoms with Gasteiger partial charge in [0.25, 0.3) is 0 Å². The maximum atomic E-state index is 11.9. The van der Waals surface area contributed by atoms with Gasteiger partial charge in [-0.05, 0) is 28.1 Å². The standard InChI is InChI=1S/C8H6BrN3O2S/c9-7-10-8(12-11-7)15(13,14)6-4-2-1-3-5-6/h1-5H,(H,10,11,12). The van der Waals surface area contributed by atoms with Crippen LogP contribution in [0.5, 0.6) is 0 Å². The summed E-state index contributed by atoms with van der Waals surface area (Å²) in [7, 11) is -3.58. The van der Waals surface area contributed by atoms with Crippen molar-refractivity contribution in [2.75, 3.05) is 0 Å². The molecule has 1 aromatic carbocycles. The molecule has 1 aromatic heterocycles. The van der Waals surface area contributed by atoms with E-state index in [0.717, 1.165) is 0 Å². The van der Waals surface area contributed by atoms with Gasteiger partial charge in [-0.3, -0.25) is 0 Å². The van der Waals surface area contributed by atoms with E-state index in [9.17, 15) is 8.42 Å². The highest BCUT2D eigenvalue weighted by Crippen LogP contribution is 2.17. The minimum atomic E-state index is -3.58. The predicted octanol–water partition coefficient (Wildman–Crippen LogP) is 1.40. The molecule has 0 bridgehead atoms. The number of sulfone groups is 1. The number of hydrogen-bond donors (Lipinski definition) is 1. The maximum absolute atomic E-state index is 11.9. The monoisotopic (exact) mass is 287 g/mol. The third-order valence-corrected chi connectivity index (χ3v) is 3.68. The van der Waals surface area contributed by atoms with Crippen molar-refractivity contribution in [3.05, 3.63) is 35.1 Å². The summed E-state index contributed by atoms with van der Waals surface area (Å²) in [5.74, 6) is 0. The van der Waals surface area contributed by atoms with Crippen LogP contribution in [0.25, 0.3) is 0 Å². The molecular weight excluding hydrogens is 282 g/mol. The molecule has 15 heavy (non-hydrogen) atoms. The molecule has 0 unspecified atom stereocenters. The second-order valence-corrected chi connectivity index (χ2v) is 5.30. The number of nitrogens with one attached hydrogen (secondary N) is 1. The zero-order valence-corrected chi connectivity index (χ0v) is 9.79. The van der Waals surface area contributed by atoms with Crippen molar-refractivity contribution in [1.82, 2.24) is 15.2 Å². The van der Waals surface area contributed by atoms with Gasteiger partial charge in [0.15, 0.2) is 0 Å². The minimum Gasteiger partial charge on any atom is -0.249 e. The van der Waals surface area contributed by atoms with E-state index in [1.807, 2.05) is 0 Å². The van der Waals surface area contributed by atoms with Gasteiger partial charge in [0.1, 0.15) is 0 Å². The number of rotatable bonds is 2. The molecule has 1 heterocycles. The second kappa shape index (κ2) is 3.74. The fourth-order valence-corrected chi connectivity index (χ4v) is 2.55. The van der Waals surface area contributed by atoms with Crippen LogP contribution in [0.3, 0.4) is 0 Å². The lowest BCUT2D eigenvalue weighted by Crippen LogP contribution is -2.03. The van der Waals surface area contributed by atoms with E-state index in [1.165, 1.54) is 12.1 Å². The highest BCUT2D eigenvalue weighted by molar-refractivity contribution is 9.10. The van der Waals surface area contributed by atoms with Gasteiger partial charge in [0.05, 0.1) is 4.90 Å². The normalized spacial score (nSPS) is 11.5. The summed E-state index contributed by atoms with van der Waals surface area (Å²) in [4.78, 5) is 3.91. The van der Waals surface area contributed by atoms with E-state index in [1.54, 1.807) is 18.2 Å². The Balaban J connectivity index is 2.54. The van der Waals surface area contributed by atoms with Crippen LogP contribution >= 0.6 is 15.9 Å². The largest absolute Gasteiger partial charge is 0.249 e. The molecule has 2 aromatic rings. The predicted molar refractivity (Wildman–Crippen MR) is 56.0 cm³/mol. The Hall–Kier alpha value is -1.21. The third-order valence-electron chi connectivity index (χ3n) is 1.75. The number of H-pyrrole nitrogens is 1. The molecule has 0 aliphatic carbocycles. The molecule has 0 atom stereocenters. The number of benzene rings is 1. The van der Waals surface area contributed by atoms with Gasteiger partial charge in [-0.25, -0.2) is 13.5 Å². The molecule has 0 amide bonds. The summed E-state index contributed by atoms with van der Waals surface area (Å²) >= 11 is 2.98. The smallest absolute Gasteiger partial charge is 0.248 e. The summed E-state index contributed by atoms with van der Waals surface area (Å²) in [6.07, 6.45) is 0. The molecule has 2 rings (SSSR count). The van der Waals surface area contributed by atoms with Crippen molar-refractivity contribution in [3.8, 4) is 0 Å². The van der Waals surface area contributed by atoms with Gasteiger partial charge in [-0.1, -0.05) is 18.2 Å². The SMILES string of the molecule is O=S(=O)(c1ccccc1)c1nc(Br)n[nH]1. The van der Waals surface area contributed by atoms with Crippen LogP contribution in [0.15, 0.2) is 45.1 Å². The molecule has 5 nitrogen and oxygen atoms in total. The lowest BCUT2D eigenvalue weighted by Gasteiger charge is -1.98. The van der Waals surface area contributed by atoms with Gasteiger partial charge in [0, 0.05) is 0 Å². The average molecular weight is 288 g/mol. The lowest BCUT2D eigenvalue weighted by molar-refractivity contribution is 0.587. The lowest BCUT2D eigenvalue weighted by atomic mass is 10.4. The minimum absolute atomic E-state index is 0.166. The highest BCUT2D eigenvalue weighted by atomic mass is 79.9. The number of halogens is 1. The molecule has 0 saturated carbocycles. The number of aromatic amines is 1. The topological polar surface area (TPSA) is 75.7 Å².